The molecule has 0 saturated carbocycles. The molecule has 3 N–H and O–H groups in total. The van der Waals surface area contributed by atoms with Crippen molar-refractivity contribution in [3.05, 3.63) is 77.6 Å². The van der Waals surface area contributed by atoms with E-state index < -0.39 is 35.7 Å². The normalized spacial score (nSPS) is 17.3. The highest BCUT2D eigenvalue weighted by Crippen LogP contribution is 2.29. The lowest BCUT2D eigenvalue weighted by Gasteiger charge is -2.27. The number of carbonyl (C=O) groups is 5. The third-order valence-electron chi connectivity index (χ3n) is 5.78. The number of imide groups is 2. The van der Waals surface area contributed by atoms with Crippen molar-refractivity contribution in [2.75, 3.05) is 10.6 Å². The van der Waals surface area contributed by atoms with Crippen molar-refractivity contribution < 1.29 is 24.0 Å². The Morgan fingerprint density at radius 3 is 2.49 bits per heavy atom. The fourth-order valence-corrected chi connectivity index (χ4v) is 4.13. The zero-order valence-electron chi connectivity index (χ0n) is 18.4. The quantitative estimate of drug-likeness (QED) is 0.485. The van der Waals surface area contributed by atoms with Gasteiger partial charge in [0.2, 0.25) is 11.8 Å². The SMILES string of the molecule is O=C1CCC(N2C(=O)c3ccc(NC(=O)Nc4cnn(Cc5ccccc5)c4)cc3C2=O)C(=O)N1. The van der Waals surface area contributed by atoms with Gasteiger partial charge in [0.05, 0.1) is 29.6 Å². The van der Waals surface area contributed by atoms with Crippen LogP contribution in [0.25, 0.3) is 0 Å². The van der Waals surface area contributed by atoms with Gasteiger partial charge in [0, 0.05) is 18.3 Å². The number of hydrogen-bond donors (Lipinski definition) is 3. The first-order valence-corrected chi connectivity index (χ1v) is 10.9. The summed E-state index contributed by atoms with van der Waals surface area (Å²) in [6.07, 6.45) is 3.32. The molecule has 0 aliphatic carbocycles. The van der Waals surface area contributed by atoms with Crippen molar-refractivity contribution in [1.29, 1.82) is 0 Å². The van der Waals surface area contributed by atoms with Gasteiger partial charge in [0.25, 0.3) is 11.8 Å². The molecule has 1 unspecified atom stereocenters. The zero-order valence-corrected chi connectivity index (χ0v) is 18.4. The van der Waals surface area contributed by atoms with Crippen LogP contribution in [-0.4, -0.2) is 50.4 Å². The van der Waals surface area contributed by atoms with E-state index in [-0.39, 0.29) is 24.0 Å². The van der Waals surface area contributed by atoms with Crippen molar-refractivity contribution in [2.24, 2.45) is 0 Å². The minimum absolute atomic E-state index is 0.0404. The molecule has 1 aromatic heterocycles. The first-order valence-electron chi connectivity index (χ1n) is 10.9. The molecule has 1 fully saturated rings. The second-order valence-electron chi connectivity index (χ2n) is 8.20. The van der Waals surface area contributed by atoms with Crippen LogP contribution < -0.4 is 16.0 Å². The number of fused-ring (bicyclic) bond motifs is 1. The molecular formula is C24H20N6O5. The maximum atomic E-state index is 12.9. The van der Waals surface area contributed by atoms with E-state index in [2.05, 4.69) is 21.0 Å². The Balaban J connectivity index is 1.25. The monoisotopic (exact) mass is 472 g/mol. The third-order valence-corrected chi connectivity index (χ3v) is 5.78. The van der Waals surface area contributed by atoms with E-state index in [4.69, 9.17) is 0 Å². The Labute approximate surface area is 199 Å². The average molecular weight is 472 g/mol. The van der Waals surface area contributed by atoms with Crippen LogP contribution in [0.4, 0.5) is 16.2 Å². The number of nitrogens with zero attached hydrogens (tertiary/aromatic N) is 3. The van der Waals surface area contributed by atoms with E-state index >= 15 is 0 Å². The van der Waals surface area contributed by atoms with Gasteiger partial charge in [-0.05, 0) is 30.2 Å². The van der Waals surface area contributed by atoms with Crippen molar-refractivity contribution in [3.8, 4) is 0 Å². The molecule has 1 saturated heterocycles. The Hall–Kier alpha value is -4.80. The van der Waals surface area contributed by atoms with Crippen LogP contribution in [0.2, 0.25) is 0 Å². The molecule has 3 aromatic rings. The molecule has 5 rings (SSSR count). The van der Waals surface area contributed by atoms with E-state index in [9.17, 15) is 24.0 Å². The van der Waals surface area contributed by atoms with Crippen LogP contribution in [0.1, 0.15) is 39.1 Å². The Morgan fingerprint density at radius 1 is 0.971 bits per heavy atom. The summed E-state index contributed by atoms with van der Waals surface area (Å²) in [4.78, 5) is 62.6. The van der Waals surface area contributed by atoms with Crippen LogP contribution in [0.5, 0.6) is 0 Å². The molecule has 0 spiro atoms. The molecule has 6 amide bonds. The fourth-order valence-electron chi connectivity index (χ4n) is 4.13. The van der Waals surface area contributed by atoms with Gasteiger partial charge >= 0.3 is 6.03 Å². The highest BCUT2D eigenvalue weighted by Gasteiger charge is 2.44. The number of carbonyl (C=O) groups excluding carboxylic acids is 5. The lowest BCUT2D eigenvalue weighted by Crippen LogP contribution is -2.54. The molecule has 3 heterocycles. The summed E-state index contributed by atoms with van der Waals surface area (Å²) in [6, 6.07) is 12.5. The summed E-state index contributed by atoms with van der Waals surface area (Å²) < 4.78 is 1.69. The van der Waals surface area contributed by atoms with Crippen molar-refractivity contribution in [3.63, 3.8) is 0 Å². The topological polar surface area (TPSA) is 142 Å². The molecule has 2 aliphatic heterocycles. The lowest BCUT2D eigenvalue weighted by molar-refractivity contribution is -0.136. The number of benzene rings is 2. The minimum Gasteiger partial charge on any atom is -0.308 e. The van der Waals surface area contributed by atoms with Gasteiger partial charge in [0.15, 0.2) is 0 Å². The average Bonchev–Trinajstić information content (AvgIpc) is 3.36. The Morgan fingerprint density at radius 2 is 1.71 bits per heavy atom. The number of hydrogen-bond acceptors (Lipinski definition) is 6. The number of amides is 6. The summed E-state index contributed by atoms with van der Waals surface area (Å²) in [7, 11) is 0. The van der Waals surface area contributed by atoms with E-state index in [1.165, 1.54) is 24.4 Å². The number of nitrogens with one attached hydrogen (secondary N) is 3. The predicted octanol–water partition coefficient (Wildman–Crippen LogP) is 1.98. The molecule has 176 valence electrons. The van der Waals surface area contributed by atoms with Gasteiger partial charge in [-0.2, -0.15) is 5.10 Å². The van der Waals surface area contributed by atoms with Crippen molar-refractivity contribution in [2.45, 2.75) is 25.4 Å². The summed E-state index contributed by atoms with van der Waals surface area (Å²) in [6.45, 7) is 0.550. The zero-order chi connectivity index (χ0) is 24.5. The molecule has 2 aromatic carbocycles. The lowest BCUT2D eigenvalue weighted by atomic mass is 10.0. The smallest absolute Gasteiger partial charge is 0.308 e. The first kappa shape index (κ1) is 22.0. The molecule has 0 radical (unpaired) electrons. The molecular weight excluding hydrogens is 452 g/mol. The largest absolute Gasteiger partial charge is 0.323 e. The molecule has 11 nitrogen and oxygen atoms in total. The Bertz CT molecular complexity index is 1370. The van der Waals surface area contributed by atoms with Gasteiger partial charge in [-0.1, -0.05) is 30.3 Å². The number of rotatable bonds is 5. The number of anilines is 2. The number of piperidine rings is 1. The van der Waals surface area contributed by atoms with Gasteiger partial charge in [-0.25, -0.2) is 4.79 Å². The van der Waals surface area contributed by atoms with Gasteiger partial charge in [-0.15, -0.1) is 0 Å². The number of aromatic nitrogens is 2. The minimum atomic E-state index is -1.05. The molecule has 11 heteroatoms. The van der Waals surface area contributed by atoms with E-state index in [1.807, 2.05) is 30.3 Å². The molecule has 0 bridgehead atoms. The van der Waals surface area contributed by atoms with E-state index in [0.29, 0.717) is 17.9 Å². The van der Waals surface area contributed by atoms with Crippen LogP contribution >= 0.6 is 0 Å². The van der Waals surface area contributed by atoms with Crippen LogP contribution in [0, 0.1) is 0 Å². The summed E-state index contributed by atoms with van der Waals surface area (Å²) in [5, 5.41) is 11.7. The van der Waals surface area contributed by atoms with Gasteiger partial charge in [0.1, 0.15) is 6.04 Å². The number of urea groups is 1. The maximum absolute atomic E-state index is 12.9. The highest BCUT2D eigenvalue weighted by molar-refractivity contribution is 6.24. The summed E-state index contributed by atoms with van der Waals surface area (Å²) in [5.74, 6) is -2.38. The van der Waals surface area contributed by atoms with Crippen LogP contribution in [0.15, 0.2) is 60.9 Å². The summed E-state index contributed by atoms with van der Waals surface area (Å²) in [5.41, 5.74) is 2.05. The van der Waals surface area contributed by atoms with Crippen molar-refractivity contribution >= 4 is 41.0 Å². The third kappa shape index (κ3) is 4.38. The standard InChI is InChI=1S/C24H20N6O5/c31-20-9-8-19(21(32)28-20)30-22(33)17-7-6-15(10-18(17)23(30)34)26-24(35)27-16-11-25-29(13-16)12-14-4-2-1-3-5-14/h1-7,10-11,13,19H,8-9,12H2,(H2,26,27,35)(H,28,31,32). The van der Waals surface area contributed by atoms with Crippen LogP contribution in [0.3, 0.4) is 0 Å². The van der Waals surface area contributed by atoms with Gasteiger partial charge < -0.3 is 10.6 Å². The van der Waals surface area contributed by atoms with E-state index in [0.717, 1.165) is 10.5 Å². The summed E-state index contributed by atoms with van der Waals surface area (Å²) >= 11 is 0. The second-order valence-corrected chi connectivity index (χ2v) is 8.20. The van der Waals surface area contributed by atoms with Crippen molar-refractivity contribution in [1.82, 2.24) is 20.0 Å². The molecule has 2 aliphatic rings. The predicted molar refractivity (Wildman–Crippen MR) is 124 cm³/mol. The second kappa shape index (κ2) is 8.86. The molecule has 1 atom stereocenters. The Kier molecular flexibility index (Phi) is 5.57. The van der Waals surface area contributed by atoms with E-state index in [1.54, 1.807) is 10.9 Å². The highest BCUT2D eigenvalue weighted by atomic mass is 16.2. The van der Waals surface area contributed by atoms with Gasteiger partial charge in [-0.3, -0.25) is 34.1 Å². The van der Waals surface area contributed by atoms with Crippen LogP contribution in [-0.2, 0) is 16.1 Å². The molecule has 35 heavy (non-hydrogen) atoms. The first-order chi connectivity index (χ1) is 16.9. The fraction of sp³-hybridized carbons (Fsp3) is 0.167. The maximum Gasteiger partial charge on any atom is 0.323 e.